The Morgan fingerprint density at radius 1 is 1.37 bits per heavy atom. The summed E-state index contributed by atoms with van der Waals surface area (Å²) in [4.78, 5) is 18.5. The molecule has 0 bridgehead atoms. The van der Waals surface area contributed by atoms with Crippen LogP contribution < -0.4 is 5.73 Å². The molecule has 1 aliphatic carbocycles. The lowest BCUT2D eigenvalue weighted by atomic mass is 9.90. The summed E-state index contributed by atoms with van der Waals surface area (Å²) in [5.41, 5.74) is 6.17. The third-order valence-electron chi connectivity index (χ3n) is 4.03. The quantitative estimate of drug-likeness (QED) is 0.830. The molecule has 2 heterocycles. The van der Waals surface area contributed by atoms with E-state index in [0.29, 0.717) is 24.5 Å². The Labute approximate surface area is 112 Å². The molecule has 1 aliphatic heterocycles. The van der Waals surface area contributed by atoms with E-state index in [-0.39, 0.29) is 18.1 Å². The number of nitrogens with two attached hydrogens (primary N) is 1. The summed E-state index contributed by atoms with van der Waals surface area (Å²) in [7, 11) is 0. The molecule has 0 spiro atoms. The van der Waals surface area contributed by atoms with Crippen LogP contribution in [0.3, 0.4) is 0 Å². The van der Waals surface area contributed by atoms with Gasteiger partial charge in [0.05, 0.1) is 24.3 Å². The number of aromatic nitrogens is 1. The fraction of sp³-hybridized carbons (Fsp3) is 0.571. The molecule has 1 amide bonds. The molecule has 1 aromatic rings. The van der Waals surface area contributed by atoms with Gasteiger partial charge in [-0.2, -0.15) is 0 Å². The van der Waals surface area contributed by atoms with Gasteiger partial charge in [0.2, 0.25) is 0 Å². The van der Waals surface area contributed by atoms with Crippen molar-refractivity contribution in [3.63, 3.8) is 0 Å². The summed E-state index contributed by atoms with van der Waals surface area (Å²) >= 11 is 0. The van der Waals surface area contributed by atoms with E-state index in [4.69, 9.17) is 10.5 Å². The molecule has 2 fully saturated rings. The van der Waals surface area contributed by atoms with Gasteiger partial charge < -0.3 is 15.4 Å². The van der Waals surface area contributed by atoms with Crippen molar-refractivity contribution in [3.8, 4) is 0 Å². The van der Waals surface area contributed by atoms with Crippen LogP contribution in [0.1, 0.15) is 36.0 Å². The van der Waals surface area contributed by atoms with Crippen molar-refractivity contribution in [1.29, 1.82) is 0 Å². The molecule has 19 heavy (non-hydrogen) atoms. The Morgan fingerprint density at radius 2 is 2.21 bits per heavy atom. The third-order valence-corrected chi connectivity index (χ3v) is 4.03. The van der Waals surface area contributed by atoms with Gasteiger partial charge >= 0.3 is 0 Å². The lowest BCUT2D eigenvalue weighted by Gasteiger charge is -2.43. The van der Waals surface area contributed by atoms with Crippen molar-refractivity contribution in [3.05, 3.63) is 23.9 Å². The first-order valence-corrected chi connectivity index (χ1v) is 6.90. The molecule has 102 valence electrons. The maximum absolute atomic E-state index is 12.6. The number of nitrogen functional groups attached to an aromatic ring is 1. The number of carbonyl (C=O) groups excluding carboxylic acids is 1. The molecule has 2 aliphatic rings. The van der Waals surface area contributed by atoms with Gasteiger partial charge in [0.25, 0.3) is 5.91 Å². The highest BCUT2D eigenvalue weighted by molar-refractivity contribution is 5.94. The summed E-state index contributed by atoms with van der Waals surface area (Å²) in [6, 6.07) is 3.65. The lowest BCUT2D eigenvalue weighted by Crippen LogP contribution is -2.54. The number of amides is 1. The van der Waals surface area contributed by atoms with Crippen LogP contribution in [0.15, 0.2) is 18.3 Å². The minimum Gasteiger partial charge on any atom is -0.384 e. The fourth-order valence-electron chi connectivity index (χ4n) is 3.05. The zero-order valence-corrected chi connectivity index (χ0v) is 10.9. The molecule has 2 atom stereocenters. The first-order chi connectivity index (χ1) is 9.25. The van der Waals surface area contributed by atoms with E-state index in [1.807, 2.05) is 4.90 Å². The summed E-state index contributed by atoms with van der Waals surface area (Å²) in [6.07, 6.45) is 6.26. The second-order valence-corrected chi connectivity index (χ2v) is 5.23. The monoisotopic (exact) mass is 261 g/mol. The maximum Gasteiger partial charge on any atom is 0.255 e. The van der Waals surface area contributed by atoms with Gasteiger partial charge in [0.15, 0.2) is 0 Å². The van der Waals surface area contributed by atoms with Crippen LogP contribution in [0.25, 0.3) is 0 Å². The molecule has 5 heteroatoms. The van der Waals surface area contributed by atoms with Crippen molar-refractivity contribution in [2.75, 3.05) is 18.9 Å². The van der Waals surface area contributed by atoms with Gasteiger partial charge in [-0.25, -0.2) is 4.98 Å². The predicted octanol–water partition coefficient (Wildman–Crippen LogP) is 1.45. The van der Waals surface area contributed by atoms with E-state index in [9.17, 15) is 4.79 Å². The van der Waals surface area contributed by atoms with Crippen LogP contribution in [0.2, 0.25) is 0 Å². The molecule has 3 rings (SSSR count). The summed E-state index contributed by atoms with van der Waals surface area (Å²) in [5.74, 6) is 0.488. The SMILES string of the molecule is Nc1ccc(C(=O)N2CCOC3CCCCC32)cn1. The van der Waals surface area contributed by atoms with E-state index in [1.54, 1.807) is 18.3 Å². The maximum atomic E-state index is 12.6. The zero-order chi connectivity index (χ0) is 13.2. The van der Waals surface area contributed by atoms with Gasteiger partial charge in [0.1, 0.15) is 5.82 Å². The lowest BCUT2D eigenvalue weighted by molar-refractivity contribution is -0.0752. The third kappa shape index (κ3) is 2.42. The minimum absolute atomic E-state index is 0.0488. The van der Waals surface area contributed by atoms with Crippen LogP contribution in [-0.4, -0.2) is 41.1 Å². The Bertz CT molecular complexity index is 458. The second kappa shape index (κ2) is 5.17. The summed E-state index contributed by atoms with van der Waals surface area (Å²) < 4.78 is 5.79. The smallest absolute Gasteiger partial charge is 0.255 e. The first kappa shape index (κ1) is 12.4. The molecule has 1 saturated carbocycles. The second-order valence-electron chi connectivity index (χ2n) is 5.23. The average molecular weight is 261 g/mol. The van der Waals surface area contributed by atoms with Crippen LogP contribution in [-0.2, 0) is 4.74 Å². The fourth-order valence-corrected chi connectivity index (χ4v) is 3.05. The number of hydrogen-bond acceptors (Lipinski definition) is 4. The number of morpholine rings is 1. The van der Waals surface area contributed by atoms with Gasteiger partial charge in [-0.3, -0.25) is 4.79 Å². The van der Waals surface area contributed by atoms with Gasteiger partial charge in [0, 0.05) is 12.7 Å². The highest BCUT2D eigenvalue weighted by atomic mass is 16.5. The van der Waals surface area contributed by atoms with Crippen molar-refractivity contribution in [2.24, 2.45) is 0 Å². The average Bonchev–Trinajstić information content (AvgIpc) is 2.47. The van der Waals surface area contributed by atoms with Crippen molar-refractivity contribution in [2.45, 2.75) is 37.8 Å². The van der Waals surface area contributed by atoms with E-state index in [0.717, 1.165) is 12.8 Å². The van der Waals surface area contributed by atoms with Crippen LogP contribution in [0.4, 0.5) is 5.82 Å². The number of rotatable bonds is 1. The van der Waals surface area contributed by atoms with Crippen LogP contribution >= 0.6 is 0 Å². The van der Waals surface area contributed by atoms with E-state index in [1.165, 1.54) is 12.8 Å². The molecular weight excluding hydrogens is 242 g/mol. The van der Waals surface area contributed by atoms with E-state index in [2.05, 4.69) is 4.98 Å². The van der Waals surface area contributed by atoms with Gasteiger partial charge in [-0.05, 0) is 25.0 Å². The topological polar surface area (TPSA) is 68.5 Å². The molecule has 5 nitrogen and oxygen atoms in total. The number of hydrogen-bond donors (Lipinski definition) is 1. The Morgan fingerprint density at radius 3 is 3.00 bits per heavy atom. The van der Waals surface area contributed by atoms with Crippen molar-refractivity contribution in [1.82, 2.24) is 9.88 Å². The van der Waals surface area contributed by atoms with E-state index >= 15 is 0 Å². The highest BCUT2D eigenvalue weighted by Crippen LogP contribution is 2.29. The summed E-state index contributed by atoms with van der Waals surface area (Å²) in [6.45, 7) is 1.31. The molecular formula is C14H19N3O2. The Hall–Kier alpha value is -1.62. The number of carbonyl (C=O) groups is 1. The van der Waals surface area contributed by atoms with E-state index < -0.39 is 0 Å². The number of pyridine rings is 1. The minimum atomic E-state index is 0.0488. The van der Waals surface area contributed by atoms with Gasteiger partial charge in [-0.15, -0.1) is 0 Å². The number of fused-ring (bicyclic) bond motifs is 1. The normalized spacial score (nSPS) is 26.8. The van der Waals surface area contributed by atoms with Crippen LogP contribution in [0.5, 0.6) is 0 Å². The molecule has 2 unspecified atom stereocenters. The first-order valence-electron chi connectivity index (χ1n) is 6.90. The van der Waals surface area contributed by atoms with Crippen LogP contribution in [0, 0.1) is 0 Å². The predicted molar refractivity (Wildman–Crippen MR) is 71.7 cm³/mol. The molecule has 1 aromatic heterocycles. The molecule has 2 N–H and O–H groups in total. The Balaban J connectivity index is 1.79. The molecule has 0 radical (unpaired) electrons. The Kier molecular flexibility index (Phi) is 3.38. The number of nitrogens with zero attached hydrogens (tertiary/aromatic N) is 2. The number of anilines is 1. The molecule has 1 saturated heterocycles. The van der Waals surface area contributed by atoms with Crippen molar-refractivity contribution < 1.29 is 9.53 Å². The standard InChI is InChI=1S/C14H19N3O2/c15-13-6-5-10(9-16-13)14(18)17-7-8-19-12-4-2-1-3-11(12)17/h5-6,9,11-12H,1-4,7-8H2,(H2,15,16). The highest BCUT2D eigenvalue weighted by Gasteiger charge is 2.36. The largest absolute Gasteiger partial charge is 0.384 e. The summed E-state index contributed by atoms with van der Waals surface area (Å²) in [5, 5.41) is 0. The van der Waals surface area contributed by atoms with Gasteiger partial charge in [-0.1, -0.05) is 12.8 Å². The molecule has 0 aromatic carbocycles. The van der Waals surface area contributed by atoms with Crippen molar-refractivity contribution >= 4 is 11.7 Å². The zero-order valence-electron chi connectivity index (χ0n) is 10.9. The number of ether oxygens (including phenoxy) is 1.